The van der Waals surface area contributed by atoms with Crippen LogP contribution in [0.25, 0.3) is 0 Å². The van der Waals surface area contributed by atoms with E-state index in [-0.39, 0.29) is 0 Å². The van der Waals surface area contributed by atoms with Gasteiger partial charge in [-0.1, -0.05) is 25.5 Å². The highest BCUT2D eigenvalue weighted by Gasteiger charge is 2.48. The van der Waals surface area contributed by atoms with Gasteiger partial charge in [0.15, 0.2) is 0 Å². The first-order chi connectivity index (χ1) is 7.21. The number of hydrogen-bond acceptors (Lipinski definition) is 1. The van der Waals surface area contributed by atoms with Crippen molar-refractivity contribution in [2.75, 3.05) is 6.54 Å². The minimum atomic E-state index is 0.625. The number of nitrogens with zero attached hydrogens (tertiary/aromatic N) is 1. The minimum absolute atomic E-state index is 0.625. The van der Waals surface area contributed by atoms with Gasteiger partial charge in [0.25, 0.3) is 0 Å². The lowest BCUT2D eigenvalue weighted by Crippen LogP contribution is -2.60. The Bertz CT molecular complexity index is 279. The third kappa shape index (κ3) is 1.39. The smallest absolute Gasteiger partial charge is 0.0253 e. The Morgan fingerprint density at radius 3 is 2.87 bits per heavy atom. The van der Waals surface area contributed by atoms with Gasteiger partial charge in [0, 0.05) is 12.1 Å². The van der Waals surface area contributed by atoms with Crippen LogP contribution in [0.1, 0.15) is 46.0 Å². The Morgan fingerprint density at radius 2 is 2.00 bits per heavy atom. The Balaban J connectivity index is 1.98. The largest absolute Gasteiger partial charge is 0.293 e. The molecule has 0 bridgehead atoms. The highest BCUT2D eigenvalue weighted by Crippen LogP contribution is 2.50. The molecule has 2 heterocycles. The molecule has 1 nitrogen and oxygen atoms in total. The average molecular weight is 205 g/mol. The molecule has 4 atom stereocenters. The molecule has 0 radical (unpaired) electrons. The van der Waals surface area contributed by atoms with E-state index in [0.29, 0.717) is 11.5 Å². The summed E-state index contributed by atoms with van der Waals surface area (Å²) in [5.74, 6) is 0.861. The van der Waals surface area contributed by atoms with Gasteiger partial charge < -0.3 is 0 Å². The molecule has 0 unspecified atom stereocenters. The summed E-state index contributed by atoms with van der Waals surface area (Å²) < 4.78 is 0. The second-order valence-electron chi connectivity index (χ2n) is 6.12. The molecular weight excluding hydrogens is 182 g/mol. The molecule has 84 valence electrons. The summed E-state index contributed by atoms with van der Waals surface area (Å²) in [5.41, 5.74) is 0.625. The third-order valence-electron chi connectivity index (χ3n) is 5.09. The molecule has 0 N–H and O–H groups in total. The lowest BCUT2D eigenvalue weighted by molar-refractivity contribution is -0.0470. The molecule has 2 fully saturated rings. The van der Waals surface area contributed by atoms with Crippen molar-refractivity contribution in [2.24, 2.45) is 11.3 Å². The molecule has 15 heavy (non-hydrogen) atoms. The van der Waals surface area contributed by atoms with Crippen molar-refractivity contribution < 1.29 is 0 Å². The van der Waals surface area contributed by atoms with Crippen LogP contribution in [0.15, 0.2) is 12.2 Å². The van der Waals surface area contributed by atoms with E-state index in [0.717, 1.165) is 12.0 Å². The van der Waals surface area contributed by atoms with Gasteiger partial charge in [0.2, 0.25) is 0 Å². The second kappa shape index (κ2) is 3.35. The van der Waals surface area contributed by atoms with Crippen LogP contribution in [0.5, 0.6) is 0 Å². The van der Waals surface area contributed by atoms with E-state index in [9.17, 15) is 0 Å². The zero-order valence-corrected chi connectivity index (χ0v) is 10.1. The van der Waals surface area contributed by atoms with Crippen LogP contribution >= 0.6 is 0 Å². The summed E-state index contributed by atoms with van der Waals surface area (Å²) in [5, 5.41) is 0. The standard InChI is InChI=1S/C14H23N/c1-11-6-7-12-5-3-8-14(2)9-4-10-15(11)13(12)14/h6-7,11-13H,3-5,8-10H2,1-2H3/t11-,12+,13+,14+/m1/s1. The maximum absolute atomic E-state index is 2.79. The molecule has 0 aromatic heterocycles. The van der Waals surface area contributed by atoms with Gasteiger partial charge in [-0.25, -0.2) is 0 Å². The molecule has 0 aromatic rings. The topological polar surface area (TPSA) is 3.24 Å². The Morgan fingerprint density at radius 1 is 1.20 bits per heavy atom. The Hall–Kier alpha value is -0.300. The fraction of sp³-hybridized carbons (Fsp3) is 0.857. The van der Waals surface area contributed by atoms with E-state index in [1.807, 2.05) is 0 Å². The fourth-order valence-corrected chi connectivity index (χ4v) is 4.36. The van der Waals surface area contributed by atoms with Gasteiger partial charge in [-0.2, -0.15) is 0 Å². The maximum atomic E-state index is 2.79. The maximum Gasteiger partial charge on any atom is 0.0253 e. The first-order valence-electron chi connectivity index (χ1n) is 6.65. The van der Waals surface area contributed by atoms with E-state index in [2.05, 4.69) is 30.9 Å². The molecular formula is C14H23N. The van der Waals surface area contributed by atoms with Gasteiger partial charge in [-0.3, -0.25) is 4.90 Å². The van der Waals surface area contributed by atoms with Crippen molar-refractivity contribution >= 4 is 0 Å². The van der Waals surface area contributed by atoms with E-state index >= 15 is 0 Å². The molecule has 2 aliphatic heterocycles. The van der Waals surface area contributed by atoms with Crippen molar-refractivity contribution in [1.82, 2.24) is 4.90 Å². The molecule has 1 heteroatoms. The van der Waals surface area contributed by atoms with E-state index in [1.54, 1.807) is 0 Å². The van der Waals surface area contributed by atoms with E-state index in [1.165, 1.54) is 38.6 Å². The van der Waals surface area contributed by atoms with Crippen molar-refractivity contribution in [3.63, 3.8) is 0 Å². The lowest BCUT2D eigenvalue weighted by Gasteiger charge is -2.57. The summed E-state index contributed by atoms with van der Waals surface area (Å²) in [7, 11) is 0. The number of rotatable bonds is 0. The Labute approximate surface area is 93.5 Å². The molecule has 0 spiro atoms. The second-order valence-corrected chi connectivity index (χ2v) is 6.12. The summed E-state index contributed by atoms with van der Waals surface area (Å²) >= 11 is 0. The first-order valence-corrected chi connectivity index (χ1v) is 6.65. The first kappa shape index (κ1) is 9.89. The number of piperidine rings is 1. The van der Waals surface area contributed by atoms with Gasteiger partial charge in [-0.05, 0) is 50.5 Å². The molecule has 0 aromatic carbocycles. The molecule has 0 amide bonds. The normalized spacial score (nSPS) is 50.1. The molecule has 3 aliphatic rings. The van der Waals surface area contributed by atoms with Crippen LogP contribution in [0.2, 0.25) is 0 Å². The van der Waals surface area contributed by atoms with Crippen molar-refractivity contribution in [3.8, 4) is 0 Å². The third-order valence-corrected chi connectivity index (χ3v) is 5.09. The molecule has 1 saturated carbocycles. The summed E-state index contributed by atoms with van der Waals surface area (Å²) in [4.78, 5) is 2.79. The SMILES string of the molecule is C[C@@H]1C=C[C@@H]2CCC[C@@]3(C)CCCN1[C@@H]23. The van der Waals surface area contributed by atoms with Crippen LogP contribution in [0, 0.1) is 11.3 Å². The van der Waals surface area contributed by atoms with Crippen LogP contribution in [0.4, 0.5) is 0 Å². The van der Waals surface area contributed by atoms with Crippen LogP contribution < -0.4 is 0 Å². The molecule has 1 saturated heterocycles. The lowest BCUT2D eigenvalue weighted by atomic mass is 9.61. The van der Waals surface area contributed by atoms with Gasteiger partial charge in [0.05, 0.1) is 0 Å². The van der Waals surface area contributed by atoms with E-state index in [4.69, 9.17) is 0 Å². The Kier molecular flexibility index (Phi) is 2.21. The summed E-state index contributed by atoms with van der Waals surface area (Å²) in [6, 6.07) is 1.55. The summed E-state index contributed by atoms with van der Waals surface area (Å²) in [6.45, 7) is 6.25. The fourth-order valence-electron chi connectivity index (χ4n) is 4.36. The van der Waals surface area contributed by atoms with Gasteiger partial charge >= 0.3 is 0 Å². The van der Waals surface area contributed by atoms with Gasteiger partial charge in [-0.15, -0.1) is 0 Å². The molecule has 1 aliphatic carbocycles. The predicted octanol–water partition coefficient (Wildman–Crippen LogP) is 3.22. The minimum Gasteiger partial charge on any atom is -0.293 e. The van der Waals surface area contributed by atoms with Crippen molar-refractivity contribution in [2.45, 2.75) is 58.0 Å². The van der Waals surface area contributed by atoms with Crippen molar-refractivity contribution in [3.05, 3.63) is 12.2 Å². The highest BCUT2D eigenvalue weighted by molar-refractivity contribution is 5.13. The average Bonchev–Trinajstić information content (AvgIpc) is 2.23. The quantitative estimate of drug-likeness (QED) is 0.549. The highest BCUT2D eigenvalue weighted by atomic mass is 15.2. The summed E-state index contributed by atoms with van der Waals surface area (Å²) in [6.07, 6.45) is 12.2. The van der Waals surface area contributed by atoms with Crippen LogP contribution in [0.3, 0.4) is 0 Å². The van der Waals surface area contributed by atoms with Gasteiger partial charge in [0.1, 0.15) is 0 Å². The molecule has 3 rings (SSSR count). The van der Waals surface area contributed by atoms with Crippen molar-refractivity contribution in [1.29, 1.82) is 0 Å². The van der Waals surface area contributed by atoms with Crippen LogP contribution in [-0.2, 0) is 0 Å². The zero-order chi connectivity index (χ0) is 10.5. The number of hydrogen-bond donors (Lipinski definition) is 0. The van der Waals surface area contributed by atoms with E-state index < -0.39 is 0 Å². The monoisotopic (exact) mass is 205 g/mol. The zero-order valence-electron chi connectivity index (χ0n) is 10.1. The predicted molar refractivity (Wildman–Crippen MR) is 63.8 cm³/mol. The van der Waals surface area contributed by atoms with Crippen LogP contribution in [-0.4, -0.2) is 23.5 Å².